The van der Waals surface area contributed by atoms with Crippen molar-refractivity contribution in [2.24, 2.45) is 0 Å². The third kappa shape index (κ3) is 8.40. The molecule has 66 heavy (non-hydrogen) atoms. The summed E-state index contributed by atoms with van der Waals surface area (Å²) in [5.74, 6) is 0.229. The topological polar surface area (TPSA) is 43.9 Å². The Morgan fingerprint density at radius 3 is 2.26 bits per heavy atom. The number of benzene rings is 7. The molecule has 0 spiro atoms. The van der Waals surface area contributed by atoms with Crippen molar-refractivity contribution < 1.29 is 25.9 Å². The van der Waals surface area contributed by atoms with Gasteiger partial charge in [-0.25, -0.2) is 0 Å². The van der Waals surface area contributed by atoms with Crippen molar-refractivity contribution in [3.8, 4) is 39.5 Å². The normalized spacial score (nSPS) is 13.3. The van der Waals surface area contributed by atoms with Crippen LogP contribution in [0.1, 0.15) is 77.0 Å². The average molecular weight is 1060 g/mol. The van der Waals surface area contributed by atoms with Gasteiger partial charge in [0.1, 0.15) is 5.58 Å². The zero-order valence-corrected chi connectivity index (χ0v) is 42.7. The molecule has 0 unspecified atom stereocenters. The van der Waals surface area contributed by atoms with E-state index in [-0.39, 0.29) is 25.5 Å². The Balaban J connectivity index is 0.000000226. The first-order chi connectivity index (χ1) is 31.6. The Morgan fingerprint density at radius 2 is 1.50 bits per heavy atom. The molecule has 0 bridgehead atoms. The van der Waals surface area contributed by atoms with E-state index < -0.39 is 14.0 Å². The maximum absolute atomic E-state index is 8.44. The minimum absolute atomic E-state index is 0. The predicted molar refractivity (Wildman–Crippen MR) is 276 cm³/mol. The number of pyridine rings is 1. The van der Waals surface area contributed by atoms with Crippen molar-refractivity contribution in [3.05, 3.63) is 180 Å². The molecular weight excluding hydrogens is 999 g/mol. The minimum Gasteiger partial charge on any atom is -0.500 e. The average Bonchev–Trinajstić information content (AvgIpc) is 3.91. The van der Waals surface area contributed by atoms with Crippen molar-refractivity contribution in [2.75, 3.05) is 0 Å². The van der Waals surface area contributed by atoms with Crippen molar-refractivity contribution in [2.45, 2.75) is 91.3 Å². The molecule has 333 valence electrons. The van der Waals surface area contributed by atoms with Crippen LogP contribution in [0.15, 0.2) is 150 Å². The molecule has 0 aliphatic heterocycles. The number of aryl methyl sites for hydroxylation is 2. The molecular formula is C60H57IrN3OSi-2. The van der Waals surface area contributed by atoms with E-state index in [0.717, 1.165) is 79.7 Å². The fraction of sp³-hybridized carbons (Fsp3) is 0.233. The van der Waals surface area contributed by atoms with Gasteiger partial charge in [-0.3, -0.25) is 4.98 Å². The molecule has 1 aliphatic carbocycles. The quantitative estimate of drug-likeness (QED) is 0.123. The molecule has 0 N–H and O–H groups in total. The van der Waals surface area contributed by atoms with Gasteiger partial charge in [-0.2, -0.15) is 0 Å². The summed E-state index contributed by atoms with van der Waals surface area (Å²) in [6.45, 7) is 17.6. The molecule has 0 atom stereocenters. The summed E-state index contributed by atoms with van der Waals surface area (Å²) < 4.78 is 17.7. The Labute approximate surface area is 405 Å². The molecule has 6 heteroatoms. The molecule has 0 fully saturated rings. The third-order valence-corrected chi connectivity index (χ3v) is 15.1. The third-order valence-electron chi connectivity index (χ3n) is 13.1. The Morgan fingerprint density at radius 1 is 0.742 bits per heavy atom. The van der Waals surface area contributed by atoms with Crippen molar-refractivity contribution in [1.29, 1.82) is 0 Å². The smallest absolute Gasteiger partial charge is 0.124 e. The van der Waals surface area contributed by atoms with Crippen LogP contribution in [-0.2, 0) is 38.4 Å². The van der Waals surface area contributed by atoms with E-state index in [4.69, 9.17) is 10.8 Å². The first-order valence-electron chi connectivity index (χ1n) is 23.6. The van der Waals surface area contributed by atoms with Gasteiger partial charge in [0.05, 0.1) is 30.5 Å². The van der Waals surface area contributed by atoms with Crippen LogP contribution in [0.5, 0.6) is 0 Å². The van der Waals surface area contributed by atoms with Crippen LogP contribution >= 0.6 is 0 Å². The Kier molecular flexibility index (Phi) is 12.0. The maximum atomic E-state index is 8.44. The number of fused-ring (bicyclic) bond motifs is 8. The molecule has 0 saturated carbocycles. The van der Waals surface area contributed by atoms with E-state index in [1.807, 2.05) is 50.4 Å². The van der Waals surface area contributed by atoms with Crippen LogP contribution in [-0.4, -0.2) is 22.6 Å². The molecule has 11 rings (SSSR count). The van der Waals surface area contributed by atoms with Gasteiger partial charge in [0.2, 0.25) is 0 Å². The van der Waals surface area contributed by atoms with Gasteiger partial charge in [0, 0.05) is 49.7 Å². The molecule has 0 amide bonds. The Hall–Kier alpha value is -5.91. The first kappa shape index (κ1) is 44.0. The van der Waals surface area contributed by atoms with Gasteiger partial charge >= 0.3 is 0 Å². The largest absolute Gasteiger partial charge is 0.500 e. The van der Waals surface area contributed by atoms with Gasteiger partial charge in [-0.05, 0) is 93.7 Å². The summed E-state index contributed by atoms with van der Waals surface area (Å²) in [7, 11) is -1.50. The summed E-state index contributed by atoms with van der Waals surface area (Å²) in [6, 6.07) is 56.1. The first-order valence-corrected chi connectivity index (χ1v) is 26.6. The van der Waals surface area contributed by atoms with Crippen molar-refractivity contribution >= 4 is 57.0 Å². The molecule has 1 radical (unpaired) electrons. The number of imidazole rings is 1. The molecule has 7 aromatic carbocycles. The standard InChI is InChI=1S/C43H35N2O.C17H22NSi.Ir/c1-43(2,3)30-22-25-37(36(26-30)27-12-5-4-6-13-27)45-38-24-21-28-14-7-9-16-31(28)39(38)44-42(45)35-19-11-18-33-34-23-20-29-15-8-10-17-32(29)40(34)46-41(33)35;1-13(2)15-11-16(14-9-7-6-8-10-14)18-12-17(15)19(3,4)5;/h4-7,9,11-14,16,18,20-26H,8,10,15,17H2,1-3H3;6-9,11-13H,1-5H3;/q2*-1;/i;13D;. The fourth-order valence-electron chi connectivity index (χ4n) is 9.63. The zero-order valence-electron chi connectivity index (χ0n) is 40.3. The maximum Gasteiger partial charge on any atom is 0.124 e. The second-order valence-electron chi connectivity index (χ2n) is 19.9. The van der Waals surface area contributed by atoms with Gasteiger partial charge in [-0.1, -0.05) is 156 Å². The van der Waals surface area contributed by atoms with Crippen molar-refractivity contribution in [1.82, 2.24) is 14.5 Å². The second kappa shape index (κ2) is 18.1. The molecule has 0 saturated heterocycles. The second-order valence-corrected chi connectivity index (χ2v) is 24.9. The molecule has 10 aromatic rings. The van der Waals surface area contributed by atoms with Gasteiger partial charge < -0.3 is 14.0 Å². The van der Waals surface area contributed by atoms with E-state index in [2.05, 4.69) is 171 Å². The minimum atomic E-state index is -1.50. The van der Waals surface area contributed by atoms with Crippen LogP contribution < -0.4 is 5.19 Å². The molecule has 3 aromatic heterocycles. The number of hydrogen-bond acceptors (Lipinski definition) is 3. The van der Waals surface area contributed by atoms with E-state index in [1.165, 1.54) is 56.6 Å². The van der Waals surface area contributed by atoms with Crippen LogP contribution in [0.3, 0.4) is 0 Å². The van der Waals surface area contributed by atoms with Crippen molar-refractivity contribution in [3.63, 3.8) is 0 Å². The van der Waals surface area contributed by atoms with Gasteiger partial charge in [0.25, 0.3) is 0 Å². The number of furan rings is 1. The fourth-order valence-corrected chi connectivity index (χ4v) is 11.2. The van der Waals surface area contributed by atoms with Crippen LogP contribution in [0.4, 0.5) is 0 Å². The molecule has 1 aliphatic rings. The monoisotopic (exact) mass is 1060 g/mol. The summed E-state index contributed by atoms with van der Waals surface area (Å²) in [5, 5.41) is 5.89. The summed E-state index contributed by atoms with van der Waals surface area (Å²) in [4.78, 5) is 10.1. The van der Waals surface area contributed by atoms with E-state index in [0.29, 0.717) is 0 Å². The van der Waals surface area contributed by atoms with Crippen LogP contribution in [0.25, 0.3) is 83.2 Å². The number of aromatic nitrogens is 3. The van der Waals surface area contributed by atoms with E-state index >= 15 is 0 Å². The number of hydrogen-bond donors (Lipinski definition) is 0. The van der Waals surface area contributed by atoms with Crippen LogP contribution in [0, 0.1) is 12.1 Å². The van der Waals surface area contributed by atoms with Gasteiger partial charge in [-0.15, -0.1) is 54.1 Å². The van der Waals surface area contributed by atoms with E-state index in [1.54, 1.807) is 0 Å². The number of rotatable bonds is 6. The van der Waals surface area contributed by atoms with Crippen LogP contribution in [0.2, 0.25) is 19.6 Å². The number of nitrogens with zero attached hydrogens (tertiary/aromatic N) is 3. The SMILES string of the molecule is CC(C)(C)c1ccc(-n2c(-c3[c-]ccc4c3oc3c5c(ccc34)CCCC5)nc3c4ccccc4ccc32)c(-c2ccccc2)c1.[2H]C(C)(C)c1cc(-c2[c-]cccc2)ncc1[Si](C)(C)C.[Ir]. The van der Waals surface area contributed by atoms with E-state index in [9.17, 15) is 0 Å². The molecule has 4 nitrogen and oxygen atoms in total. The Bertz CT molecular complexity index is 3430. The zero-order chi connectivity index (χ0) is 46.0. The van der Waals surface area contributed by atoms with Gasteiger partial charge in [0.15, 0.2) is 0 Å². The summed E-state index contributed by atoms with van der Waals surface area (Å²) in [5.41, 5.74) is 15.3. The summed E-state index contributed by atoms with van der Waals surface area (Å²) in [6.07, 6.45) is 6.62. The predicted octanol–water partition coefficient (Wildman–Crippen LogP) is 15.6. The summed E-state index contributed by atoms with van der Waals surface area (Å²) >= 11 is 0. The molecule has 3 heterocycles.